The first-order chi connectivity index (χ1) is 14.0. The molecule has 7 heteroatoms. The van der Waals surface area contributed by atoms with Crippen molar-refractivity contribution < 1.29 is 9.53 Å². The van der Waals surface area contributed by atoms with E-state index in [1.165, 1.54) is 0 Å². The molecule has 0 bridgehead atoms. The van der Waals surface area contributed by atoms with Gasteiger partial charge in [0.05, 0.1) is 30.5 Å². The lowest BCUT2D eigenvalue weighted by Gasteiger charge is -2.40. The van der Waals surface area contributed by atoms with Crippen LogP contribution in [0.25, 0.3) is 0 Å². The van der Waals surface area contributed by atoms with Crippen LogP contribution in [0.15, 0.2) is 46.3 Å². The first-order valence-corrected chi connectivity index (χ1v) is 11.1. The molecule has 0 spiro atoms. The predicted octanol–water partition coefficient (Wildman–Crippen LogP) is 3.93. The number of benzene rings is 1. The number of thiocarbonyl (C=S) groups is 1. The molecule has 152 valence electrons. The van der Waals surface area contributed by atoms with Gasteiger partial charge in [-0.25, -0.2) is 0 Å². The van der Waals surface area contributed by atoms with Gasteiger partial charge in [0.1, 0.15) is 0 Å². The molecule has 1 atom stereocenters. The van der Waals surface area contributed by atoms with E-state index < -0.39 is 0 Å². The van der Waals surface area contributed by atoms with Crippen molar-refractivity contribution in [3.8, 4) is 0 Å². The zero-order valence-corrected chi connectivity index (χ0v) is 18.5. The fourth-order valence-corrected chi connectivity index (χ4v) is 4.94. The molecule has 3 heterocycles. The molecule has 1 N–H and O–H groups in total. The van der Waals surface area contributed by atoms with Crippen molar-refractivity contribution >= 4 is 40.3 Å². The van der Waals surface area contributed by atoms with Crippen LogP contribution in [-0.4, -0.2) is 42.2 Å². The molecule has 4 rings (SSSR count). The number of hydrogen-bond acceptors (Lipinski definition) is 4. The number of morpholine rings is 1. The van der Waals surface area contributed by atoms with Gasteiger partial charge in [-0.2, -0.15) is 11.3 Å². The summed E-state index contributed by atoms with van der Waals surface area (Å²) in [4.78, 5) is 17.5. The van der Waals surface area contributed by atoms with Crippen molar-refractivity contribution in [2.45, 2.75) is 26.8 Å². The maximum Gasteiger partial charge on any atom is 0.254 e. The third-order valence-corrected chi connectivity index (χ3v) is 6.50. The van der Waals surface area contributed by atoms with Crippen molar-refractivity contribution in [3.63, 3.8) is 0 Å². The first-order valence-electron chi connectivity index (χ1n) is 9.75. The van der Waals surface area contributed by atoms with Crippen LogP contribution < -0.4 is 10.2 Å². The summed E-state index contributed by atoms with van der Waals surface area (Å²) >= 11 is 7.40. The average molecular weight is 428 g/mol. The summed E-state index contributed by atoms with van der Waals surface area (Å²) in [5.74, 6) is 0.0484. The van der Waals surface area contributed by atoms with Gasteiger partial charge in [0.15, 0.2) is 5.11 Å². The van der Waals surface area contributed by atoms with Crippen LogP contribution in [0, 0.1) is 13.8 Å². The zero-order chi connectivity index (χ0) is 20.5. The fraction of sp³-hybridized carbons (Fsp3) is 0.364. The maximum absolute atomic E-state index is 13.6. The molecule has 29 heavy (non-hydrogen) atoms. The SMILES string of the molecule is CC1=C(C(=O)N2CCOCC2)C(c2ccsc2)NC(=S)N1c1cc(C)ccc1C. The second kappa shape index (κ2) is 8.26. The van der Waals surface area contributed by atoms with Gasteiger partial charge in [0.2, 0.25) is 0 Å². The van der Waals surface area contributed by atoms with E-state index in [1.807, 2.05) is 22.1 Å². The summed E-state index contributed by atoms with van der Waals surface area (Å²) in [7, 11) is 0. The van der Waals surface area contributed by atoms with Gasteiger partial charge in [-0.3, -0.25) is 9.69 Å². The van der Waals surface area contributed by atoms with E-state index in [2.05, 4.69) is 48.8 Å². The molecule has 2 aliphatic heterocycles. The Morgan fingerprint density at radius 1 is 1.21 bits per heavy atom. The van der Waals surface area contributed by atoms with E-state index in [0.717, 1.165) is 33.6 Å². The molecular formula is C22H25N3O2S2. The van der Waals surface area contributed by atoms with Crippen LogP contribution in [-0.2, 0) is 9.53 Å². The molecule has 1 unspecified atom stereocenters. The predicted molar refractivity (Wildman–Crippen MR) is 121 cm³/mol. The third kappa shape index (κ3) is 3.82. The molecule has 1 aromatic heterocycles. The van der Waals surface area contributed by atoms with Crippen LogP contribution in [0.2, 0.25) is 0 Å². The highest BCUT2D eigenvalue weighted by Gasteiger charge is 2.37. The number of hydrogen-bond donors (Lipinski definition) is 1. The van der Waals surface area contributed by atoms with Gasteiger partial charge < -0.3 is 15.0 Å². The Morgan fingerprint density at radius 2 is 1.97 bits per heavy atom. The summed E-state index contributed by atoms with van der Waals surface area (Å²) in [6.45, 7) is 8.51. The number of nitrogens with one attached hydrogen (secondary N) is 1. The van der Waals surface area contributed by atoms with E-state index in [9.17, 15) is 4.79 Å². The molecule has 1 fully saturated rings. The Balaban J connectivity index is 1.83. The van der Waals surface area contributed by atoms with Crippen LogP contribution in [0.3, 0.4) is 0 Å². The lowest BCUT2D eigenvalue weighted by atomic mass is 9.95. The Kier molecular flexibility index (Phi) is 5.72. The number of allylic oxidation sites excluding steroid dienone is 1. The topological polar surface area (TPSA) is 44.8 Å². The quantitative estimate of drug-likeness (QED) is 0.752. The van der Waals surface area contributed by atoms with Gasteiger partial charge in [-0.15, -0.1) is 0 Å². The van der Waals surface area contributed by atoms with Crippen LogP contribution in [0.1, 0.15) is 29.7 Å². The van der Waals surface area contributed by atoms with E-state index in [-0.39, 0.29) is 11.9 Å². The van der Waals surface area contributed by atoms with Crippen molar-refractivity contribution in [2.24, 2.45) is 0 Å². The molecule has 2 aromatic rings. The van der Waals surface area contributed by atoms with E-state index in [0.29, 0.717) is 31.4 Å². The van der Waals surface area contributed by atoms with Crippen molar-refractivity contribution in [2.75, 3.05) is 31.2 Å². The molecule has 2 aliphatic rings. The number of carbonyl (C=O) groups excluding carboxylic acids is 1. The minimum Gasteiger partial charge on any atom is -0.378 e. The average Bonchev–Trinajstić information content (AvgIpc) is 3.25. The Bertz CT molecular complexity index is 962. The summed E-state index contributed by atoms with van der Waals surface area (Å²) in [5, 5.41) is 8.17. The molecular weight excluding hydrogens is 402 g/mol. The van der Waals surface area contributed by atoms with Crippen LogP contribution >= 0.6 is 23.6 Å². The largest absolute Gasteiger partial charge is 0.378 e. The Hall–Kier alpha value is -2.22. The monoisotopic (exact) mass is 427 g/mol. The minimum absolute atomic E-state index is 0.0484. The second-order valence-electron chi connectivity index (χ2n) is 7.47. The lowest BCUT2D eigenvalue weighted by Crippen LogP contribution is -2.51. The van der Waals surface area contributed by atoms with Gasteiger partial charge >= 0.3 is 0 Å². The number of rotatable bonds is 3. The highest BCUT2D eigenvalue weighted by molar-refractivity contribution is 7.80. The normalized spacial score (nSPS) is 20.1. The highest BCUT2D eigenvalue weighted by atomic mass is 32.1. The standard InChI is InChI=1S/C22H25N3O2S2/c1-14-4-5-15(2)18(12-14)25-16(3)19(21(26)24-7-9-27-10-8-24)20(23-22(25)28)17-6-11-29-13-17/h4-6,11-13,20H,7-10H2,1-3H3,(H,23,28). The smallest absolute Gasteiger partial charge is 0.254 e. The minimum atomic E-state index is -0.245. The molecule has 0 aliphatic carbocycles. The zero-order valence-electron chi connectivity index (χ0n) is 16.9. The van der Waals surface area contributed by atoms with Crippen LogP contribution in [0.5, 0.6) is 0 Å². The number of anilines is 1. The van der Waals surface area contributed by atoms with Crippen molar-refractivity contribution in [1.29, 1.82) is 0 Å². The van der Waals surface area contributed by atoms with Crippen molar-refractivity contribution in [1.82, 2.24) is 10.2 Å². The molecule has 5 nitrogen and oxygen atoms in total. The number of amides is 1. The van der Waals surface area contributed by atoms with E-state index in [4.69, 9.17) is 17.0 Å². The molecule has 1 aromatic carbocycles. The summed E-state index contributed by atoms with van der Waals surface area (Å²) in [5.41, 5.74) is 5.98. The van der Waals surface area contributed by atoms with Gasteiger partial charge in [-0.05, 0) is 72.6 Å². The maximum atomic E-state index is 13.6. The number of nitrogens with zero attached hydrogens (tertiary/aromatic N) is 2. The molecule has 0 radical (unpaired) electrons. The molecule has 0 saturated carbocycles. The Labute approximate surface area is 181 Å². The molecule has 1 saturated heterocycles. The Morgan fingerprint density at radius 3 is 2.66 bits per heavy atom. The number of thiophene rings is 1. The number of ether oxygens (including phenoxy) is 1. The van der Waals surface area contributed by atoms with Gasteiger partial charge in [0.25, 0.3) is 5.91 Å². The van der Waals surface area contributed by atoms with E-state index in [1.54, 1.807) is 11.3 Å². The van der Waals surface area contributed by atoms with Gasteiger partial charge in [0, 0.05) is 18.8 Å². The van der Waals surface area contributed by atoms with Crippen molar-refractivity contribution in [3.05, 3.63) is 63.0 Å². The summed E-state index contributed by atoms with van der Waals surface area (Å²) < 4.78 is 5.44. The number of carbonyl (C=O) groups is 1. The number of aryl methyl sites for hydroxylation is 2. The van der Waals surface area contributed by atoms with E-state index >= 15 is 0 Å². The summed E-state index contributed by atoms with van der Waals surface area (Å²) in [6, 6.07) is 8.11. The first kappa shape index (κ1) is 20.1. The van der Waals surface area contributed by atoms with Crippen LogP contribution in [0.4, 0.5) is 5.69 Å². The fourth-order valence-electron chi connectivity index (χ4n) is 3.90. The van der Waals surface area contributed by atoms with Gasteiger partial charge in [-0.1, -0.05) is 12.1 Å². The third-order valence-electron chi connectivity index (χ3n) is 5.50. The summed E-state index contributed by atoms with van der Waals surface area (Å²) in [6.07, 6.45) is 0. The second-order valence-corrected chi connectivity index (χ2v) is 8.63. The highest BCUT2D eigenvalue weighted by Crippen LogP contribution is 2.36. The lowest BCUT2D eigenvalue weighted by molar-refractivity contribution is -0.131. The molecule has 1 amide bonds.